The predicted molar refractivity (Wildman–Crippen MR) is 74.4 cm³/mol. The number of hydrogen-bond donors (Lipinski definition) is 1. The van der Waals surface area contributed by atoms with Crippen molar-refractivity contribution >= 4 is 27.9 Å². The van der Waals surface area contributed by atoms with Crippen LogP contribution >= 0.6 is 15.9 Å². The Labute approximate surface area is 124 Å². The van der Waals surface area contributed by atoms with E-state index in [1.54, 1.807) is 11.0 Å². The molecule has 1 saturated heterocycles. The third-order valence-electron chi connectivity index (χ3n) is 4.18. The molecule has 1 aromatic rings. The molecule has 1 N–H and O–H groups in total. The van der Waals surface area contributed by atoms with Gasteiger partial charge in [0.05, 0.1) is 0 Å². The molecule has 1 spiro atoms. The molecule has 6 heteroatoms. The van der Waals surface area contributed by atoms with Gasteiger partial charge in [-0.2, -0.15) is 0 Å². The monoisotopic (exact) mass is 340 g/mol. The van der Waals surface area contributed by atoms with Gasteiger partial charge in [0, 0.05) is 11.0 Å². The second-order valence-electron chi connectivity index (χ2n) is 5.32. The third-order valence-corrected chi connectivity index (χ3v) is 4.92. The number of amides is 3. The fourth-order valence-corrected chi connectivity index (χ4v) is 3.57. The second kappa shape index (κ2) is 4.84. The van der Waals surface area contributed by atoms with Crippen LogP contribution in [-0.2, 0) is 11.3 Å². The minimum absolute atomic E-state index is 0.196. The molecule has 1 aliphatic carbocycles. The van der Waals surface area contributed by atoms with Crippen LogP contribution in [0.25, 0.3) is 0 Å². The standard InChI is InChI=1S/C14H14BrFN2O2/c15-11-7-10(16)4-3-9(11)8-18-13(20)17-12(19)14(18)5-1-2-6-14/h3-4,7H,1-2,5-6,8H2,(H,17,19,20). The molecule has 0 aromatic heterocycles. The lowest BCUT2D eigenvalue weighted by Crippen LogP contribution is -2.46. The zero-order valence-corrected chi connectivity index (χ0v) is 12.4. The van der Waals surface area contributed by atoms with Gasteiger partial charge in [-0.05, 0) is 30.5 Å². The van der Waals surface area contributed by atoms with Gasteiger partial charge in [0.1, 0.15) is 11.4 Å². The predicted octanol–water partition coefficient (Wildman–Crippen LogP) is 2.95. The summed E-state index contributed by atoms with van der Waals surface area (Å²) in [6.07, 6.45) is 3.29. The number of hydrogen-bond acceptors (Lipinski definition) is 2. The first-order valence-electron chi connectivity index (χ1n) is 6.60. The number of rotatable bonds is 2. The molecule has 106 valence electrons. The van der Waals surface area contributed by atoms with Crippen molar-refractivity contribution in [2.45, 2.75) is 37.8 Å². The minimum Gasteiger partial charge on any atom is -0.305 e. The van der Waals surface area contributed by atoms with E-state index in [1.165, 1.54) is 12.1 Å². The number of carbonyl (C=O) groups excluding carboxylic acids is 2. The van der Waals surface area contributed by atoms with Crippen LogP contribution in [0.15, 0.2) is 22.7 Å². The van der Waals surface area contributed by atoms with Crippen molar-refractivity contribution in [2.24, 2.45) is 0 Å². The highest BCUT2D eigenvalue weighted by molar-refractivity contribution is 9.10. The normalized spacial score (nSPS) is 20.8. The number of carbonyl (C=O) groups is 2. The highest BCUT2D eigenvalue weighted by Gasteiger charge is 2.53. The molecule has 3 amide bonds. The lowest BCUT2D eigenvalue weighted by Gasteiger charge is -2.31. The summed E-state index contributed by atoms with van der Waals surface area (Å²) in [4.78, 5) is 25.7. The van der Waals surface area contributed by atoms with Gasteiger partial charge >= 0.3 is 6.03 Å². The first kappa shape index (κ1) is 13.5. The zero-order valence-electron chi connectivity index (χ0n) is 10.8. The number of halogens is 2. The van der Waals surface area contributed by atoms with E-state index >= 15 is 0 Å². The van der Waals surface area contributed by atoms with E-state index in [-0.39, 0.29) is 17.8 Å². The molecule has 2 fully saturated rings. The van der Waals surface area contributed by atoms with Crippen LogP contribution in [0, 0.1) is 5.82 Å². The molecule has 0 atom stereocenters. The van der Waals surface area contributed by atoms with Crippen LogP contribution in [0.2, 0.25) is 0 Å². The summed E-state index contributed by atoms with van der Waals surface area (Å²) in [6, 6.07) is 4.01. The molecule has 3 rings (SSSR count). The van der Waals surface area contributed by atoms with E-state index in [2.05, 4.69) is 21.2 Å². The summed E-state index contributed by atoms with van der Waals surface area (Å²) in [5.74, 6) is -0.531. The fraction of sp³-hybridized carbons (Fsp3) is 0.429. The molecular formula is C14H14BrFN2O2. The summed E-state index contributed by atoms with van der Waals surface area (Å²) in [7, 11) is 0. The molecule has 2 aliphatic rings. The molecule has 0 radical (unpaired) electrons. The van der Waals surface area contributed by atoms with Crippen molar-refractivity contribution < 1.29 is 14.0 Å². The topological polar surface area (TPSA) is 49.4 Å². The van der Waals surface area contributed by atoms with Gasteiger partial charge in [0.25, 0.3) is 5.91 Å². The Morgan fingerprint density at radius 1 is 1.30 bits per heavy atom. The summed E-state index contributed by atoms with van der Waals surface area (Å²) in [5, 5.41) is 2.41. The smallest absolute Gasteiger partial charge is 0.305 e. The average Bonchev–Trinajstić information content (AvgIpc) is 2.95. The molecular weight excluding hydrogens is 327 g/mol. The van der Waals surface area contributed by atoms with Gasteiger partial charge < -0.3 is 4.90 Å². The summed E-state index contributed by atoms with van der Waals surface area (Å²) < 4.78 is 13.7. The van der Waals surface area contributed by atoms with Crippen LogP contribution in [0.3, 0.4) is 0 Å². The quantitative estimate of drug-likeness (QED) is 0.841. The largest absolute Gasteiger partial charge is 0.325 e. The van der Waals surface area contributed by atoms with Crippen molar-refractivity contribution in [1.29, 1.82) is 0 Å². The van der Waals surface area contributed by atoms with Crippen LogP contribution in [0.5, 0.6) is 0 Å². The lowest BCUT2D eigenvalue weighted by molar-refractivity contribution is -0.126. The van der Waals surface area contributed by atoms with E-state index in [1.807, 2.05) is 0 Å². The SMILES string of the molecule is O=C1NC(=O)C2(CCCC2)N1Cc1ccc(F)cc1Br. The molecule has 1 saturated carbocycles. The minimum atomic E-state index is -0.703. The van der Waals surface area contributed by atoms with Gasteiger partial charge in [-0.1, -0.05) is 34.8 Å². The number of benzene rings is 1. The Balaban J connectivity index is 1.92. The van der Waals surface area contributed by atoms with E-state index in [0.717, 1.165) is 18.4 Å². The van der Waals surface area contributed by atoms with Crippen LogP contribution < -0.4 is 5.32 Å². The first-order valence-corrected chi connectivity index (χ1v) is 7.39. The van der Waals surface area contributed by atoms with E-state index in [0.29, 0.717) is 23.9 Å². The van der Waals surface area contributed by atoms with Gasteiger partial charge in [0.15, 0.2) is 0 Å². The third kappa shape index (κ3) is 2.02. The number of imide groups is 1. The maximum atomic E-state index is 13.1. The van der Waals surface area contributed by atoms with Crippen LogP contribution in [-0.4, -0.2) is 22.4 Å². The highest BCUT2D eigenvalue weighted by Crippen LogP contribution is 2.40. The van der Waals surface area contributed by atoms with Crippen LogP contribution in [0.4, 0.5) is 9.18 Å². The van der Waals surface area contributed by atoms with Crippen molar-refractivity contribution in [1.82, 2.24) is 10.2 Å². The van der Waals surface area contributed by atoms with Crippen molar-refractivity contribution in [3.8, 4) is 0 Å². The van der Waals surface area contributed by atoms with Crippen molar-refractivity contribution in [2.75, 3.05) is 0 Å². The fourth-order valence-electron chi connectivity index (χ4n) is 3.10. The molecule has 4 nitrogen and oxygen atoms in total. The van der Waals surface area contributed by atoms with E-state index in [9.17, 15) is 14.0 Å². The van der Waals surface area contributed by atoms with E-state index in [4.69, 9.17) is 0 Å². The number of nitrogens with zero attached hydrogens (tertiary/aromatic N) is 1. The molecule has 0 bridgehead atoms. The zero-order chi connectivity index (χ0) is 14.3. The maximum absolute atomic E-state index is 13.1. The summed E-state index contributed by atoms with van der Waals surface area (Å²) in [6.45, 7) is 0.304. The Morgan fingerprint density at radius 3 is 2.65 bits per heavy atom. The summed E-state index contributed by atoms with van der Waals surface area (Å²) >= 11 is 3.30. The van der Waals surface area contributed by atoms with Gasteiger partial charge in [0.2, 0.25) is 0 Å². The molecule has 1 heterocycles. The molecule has 1 aliphatic heterocycles. The molecule has 1 aromatic carbocycles. The number of nitrogens with one attached hydrogen (secondary N) is 1. The average molecular weight is 341 g/mol. The Bertz CT molecular complexity index is 585. The Morgan fingerprint density at radius 2 is 2.00 bits per heavy atom. The molecule has 0 unspecified atom stereocenters. The number of urea groups is 1. The Hall–Kier alpha value is -1.43. The van der Waals surface area contributed by atoms with Crippen molar-refractivity contribution in [3.05, 3.63) is 34.1 Å². The van der Waals surface area contributed by atoms with Gasteiger partial charge in [-0.3, -0.25) is 10.1 Å². The Kier molecular flexibility index (Phi) is 3.28. The maximum Gasteiger partial charge on any atom is 0.325 e. The van der Waals surface area contributed by atoms with E-state index < -0.39 is 5.54 Å². The second-order valence-corrected chi connectivity index (χ2v) is 6.17. The van der Waals surface area contributed by atoms with Crippen molar-refractivity contribution in [3.63, 3.8) is 0 Å². The lowest BCUT2D eigenvalue weighted by atomic mass is 9.95. The highest BCUT2D eigenvalue weighted by atomic mass is 79.9. The summed E-state index contributed by atoms with van der Waals surface area (Å²) in [5.41, 5.74) is 0.0905. The molecule has 20 heavy (non-hydrogen) atoms. The van der Waals surface area contributed by atoms with Crippen LogP contribution in [0.1, 0.15) is 31.2 Å². The van der Waals surface area contributed by atoms with Gasteiger partial charge in [-0.15, -0.1) is 0 Å². The van der Waals surface area contributed by atoms with Gasteiger partial charge in [-0.25, -0.2) is 9.18 Å². The first-order chi connectivity index (χ1) is 9.53.